The van der Waals surface area contributed by atoms with Gasteiger partial charge in [0.1, 0.15) is 11.2 Å². The molecule has 0 amide bonds. The van der Waals surface area contributed by atoms with Gasteiger partial charge in [-0.25, -0.2) is 0 Å². The lowest BCUT2D eigenvalue weighted by Gasteiger charge is -2.26. The minimum absolute atomic E-state index is 0.325. The maximum atomic E-state index is 6.20. The highest BCUT2D eigenvalue weighted by Crippen LogP contribution is 2.40. The Morgan fingerprint density at radius 3 is 2.27 bits per heavy atom. The zero-order chi connectivity index (χ0) is 32.3. The molecule has 2 heterocycles. The van der Waals surface area contributed by atoms with Gasteiger partial charge in [-0.15, -0.1) is 0 Å². The third-order valence-corrected chi connectivity index (χ3v) is 10.4. The lowest BCUT2D eigenvalue weighted by Crippen LogP contribution is -2.33. The smallest absolute Gasteiger partial charge is 0.135 e. The Morgan fingerprint density at radius 2 is 1.37 bits per heavy atom. The summed E-state index contributed by atoms with van der Waals surface area (Å²) in [5, 5.41) is 7.46. The van der Waals surface area contributed by atoms with Crippen molar-refractivity contribution in [1.29, 1.82) is 0 Å². The number of para-hydroxylation sites is 2. The van der Waals surface area contributed by atoms with E-state index in [4.69, 9.17) is 4.42 Å². The van der Waals surface area contributed by atoms with Crippen molar-refractivity contribution in [2.45, 2.75) is 25.2 Å². The third kappa shape index (κ3) is 4.65. The molecule has 2 aromatic heterocycles. The van der Waals surface area contributed by atoms with Crippen molar-refractivity contribution >= 4 is 68.0 Å². The van der Waals surface area contributed by atoms with Crippen LogP contribution in [0, 0.1) is 0 Å². The predicted molar refractivity (Wildman–Crippen MR) is 205 cm³/mol. The molecule has 0 saturated heterocycles. The molecular formula is C46H34N2O. The minimum atomic E-state index is 0.325. The highest BCUT2D eigenvalue weighted by Gasteiger charge is 2.22. The van der Waals surface area contributed by atoms with Crippen LogP contribution in [0.25, 0.3) is 56.6 Å². The van der Waals surface area contributed by atoms with Crippen LogP contribution in [0.3, 0.4) is 0 Å². The number of hydrogen-bond donors (Lipinski definition) is 0. The lowest BCUT2D eigenvalue weighted by molar-refractivity contribution is 0.669. The second kappa shape index (κ2) is 11.3. The summed E-state index contributed by atoms with van der Waals surface area (Å²) in [7, 11) is 0. The van der Waals surface area contributed by atoms with Gasteiger partial charge in [0.15, 0.2) is 0 Å². The average Bonchev–Trinajstić information content (AvgIpc) is 3.71. The van der Waals surface area contributed by atoms with Crippen LogP contribution < -0.4 is 15.5 Å². The Labute approximate surface area is 285 Å². The van der Waals surface area contributed by atoms with Gasteiger partial charge in [0.05, 0.1) is 0 Å². The first-order chi connectivity index (χ1) is 24.3. The van der Waals surface area contributed by atoms with E-state index >= 15 is 0 Å². The Bertz CT molecular complexity index is 2690. The molecule has 8 aromatic rings. The molecule has 6 aromatic carbocycles. The summed E-state index contributed by atoms with van der Waals surface area (Å²) in [4.78, 5) is 2.37. The molecule has 1 unspecified atom stereocenters. The Morgan fingerprint density at radius 1 is 0.633 bits per heavy atom. The summed E-state index contributed by atoms with van der Waals surface area (Å²) in [5.41, 5.74) is 10.6. The molecular weight excluding hydrogens is 597 g/mol. The molecule has 234 valence electrons. The molecule has 0 aliphatic heterocycles. The molecule has 49 heavy (non-hydrogen) atoms. The summed E-state index contributed by atoms with van der Waals surface area (Å²) in [6.45, 7) is 0. The molecule has 3 heteroatoms. The van der Waals surface area contributed by atoms with Crippen molar-refractivity contribution in [2.24, 2.45) is 0 Å². The Balaban J connectivity index is 1.07. The van der Waals surface area contributed by atoms with Crippen LogP contribution in [-0.2, 0) is 6.42 Å². The minimum Gasteiger partial charge on any atom is -0.456 e. The summed E-state index contributed by atoms with van der Waals surface area (Å²) < 4.78 is 8.65. The molecule has 0 N–H and O–H groups in total. The van der Waals surface area contributed by atoms with Crippen molar-refractivity contribution in [3.05, 3.63) is 173 Å². The van der Waals surface area contributed by atoms with E-state index in [0.717, 1.165) is 58.3 Å². The molecule has 1 atom stereocenters. The molecule has 2 aliphatic carbocycles. The van der Waals surface area contributed by atoms with Gasteiger partial charge in [0.2, 0.25) is 0 Å². The number of hydrogen-bond acceptors (Lipinski definition) is 2. The standard InChI is InChI=1S/C46H34N2O/c1-2-12-35(13-3-1)48-43-16-8-6-14-39(43)41-29-34(21-26-44(41)48)32-18-22-36(23-19-32)47(37-24-20-31-10-4-5-11-33(31)28-37)38-25-27-46-42(30-38)40-15-7-9-17-45(40)49-46/h1-5,7-13,15-20,22-30,34H,6,14,21H2. The van der Waals surface area contributed by atoms with Gasteiger partial charge < -0.3 is 13.9 Å². The second-order valence-corrected chi connectivity index (χ2v) is 13.2. The van der Waals surface area contributed by atoms with Crippen LogP contribution in [0.2, 0.25) is 0 Å². The quantitative estimate of drug-likeness (QED) is 0.189. The van der Waals surface area contributed by atoms with Gasteiger partial charge in [-0.2, -0.15) is 0 Å². The summed E-state index contributed by atoms with van der Waals surface area (Å²) in [5.74, 6) is 0.325. The normalized spacial score (nSPS) is 15.1. The van der Waals surface area contributed by atoms with E-state index in [-0.39, 0.29) is 0 Å². The van der Waals surface area contributed by atoms with E-state index in [1.165, 1.54) is 43.8 Å². The van der Waals surface area contributed by atoms with Gasteiger partial charge in [-0.05, 0) is 108 Å². The van der Waals surface area contributed by atoms with Gasteiger partial charge in [0, 0.05) is 55.7 Å². The van der Waals surface area contributed by atoms with Crippen molar-refractivity contribution in [3.63, 3.8) is 0 Å². The number of benzene rings is 6. The van der Waals surface area contributed by atoms with E-state index < -0.39 is 0 Å². The Kier molecular flexibility index (Phi) is 6.45. The van der Waals surface area contributed by atoms with Gasteiger partial charge in [0.25, 0.3) is 0 Å². The van der Waals surface area contributed by atoms with Gasteiger partial charge in [-0.1, -0.05) is 97.1 Å². The zero-order valence-electron chi connectivity index (χ0n) is 27.1. The van der Waals surface area contributed by atoms with Gasteiger partial charge >= 0.3 is 0 Å². The number of aromatic nitrogens is 1. The van der Waals surface area contributed by atoms with E-state index in [2.05, 4.69) is 161 Å². The molecule has 0 fully saturated rings. The van der Waals surface area contributed by atoms with Crippen LogP contribution in [-0.4, -0.2) is 4.57 Å². The zero-order valence-corrected chi connectivity index (χ0v) is 27.1. The van der Waals surface area contributed by atoms with E-state index in [0.29, 0.717) is 5.92 Å². The summed E-state index contributed by atoms with van der Waals surface area (Å²) in [6, 6.07) is 50.2. The summed E-state index contributed by atoms with van der Waals surface area (Å²) in [6.07, 6.45) is 12.8. The molecule has 0 saturated carbocycles. The molecule has 2 aliphatic rings. The van der Waals surface area contributed by atoms with Crippen LogP contribution in [0.5, 0.6) is 0 Å². The van der Waals surface area contributed by atoms with Crippen LogP contribution in [0.4, 0.5) is 17.1 Å². The number of furan rings is 1. The fraction of sp³-hybridized carbons (Fsp3) is 0.0870. The SMILES string of the molecule is C1=Cc2c(c3c(n2-c2ccccc2)=CCC(c2ccc(N(c4ccc5ccccc5c4)c4ccc5oc6ccccc6c5c4)cc2)C=3)CC1. The molecule has 3 nitrogen and oxygen atoms in total. The highest BCUT2D eigenvalue weighted by atomic mass is 16.3. The van der Waals surface area contributed by atoms with E-state index in [9.17, 15) is 0 Å². The highest BCUT2D eigenvalue weighted by molar-refractivity contribution is 6.06. The predicted octanol–water partition coefficient (Wildman–Crippen LogP) is 10.7. The average molecular weight is 631 g/mol. The Hall–Kier alpha value is -6.06. The molecule has 0 bridgehead atoms. The number of allylic oxidation sites excluding steroid dienone is 1. The first-order valence-corrected chi connectivity index (χ1v) is 17.3. The maximum Gasteiger partial charge on any atom is 0.135 e. The van der Waals surface area contributed by atoms with Crippen molar-refractivity contribution in [2.75, 3.05) is 4.90 Å². The fourth-order valence-corrected chi connectivity index (χ4v) is 8.01. The first-order valence-electron chi connectivity index (χ1n) is 17.3. The summed E-state index contributed by atoms with van der Waals surface area (Å²) >= 11 is 0. The van der Waals surface area contributed by atoms with Gasteiger partial charge in [-0.3, -0.25) is 0 Å². The van der Waals surface area contributed by atoms with Crippen LogP contribution in [0.1, 0.15) is 35.6 Å². The topological polar surface area (TPSA) is 21.3 Å². The van der Waals surface area contributed by atoms with Crippen molar-refractivity contribution in [1.82, 2.24) is 4.57 Å². The number of rotatable bonds is 5. The molecule has 0 radical (unpaired) electrons. The van der Waals surface area contributed by atoms with E-state index in [1.807, 2.05) is 12.1 Å². The van der Waals surface area contributed by atoms with Crippen molar-refractivity contribution in [3.8, 4) is 5.69 Å². The second-order valence-electron chi connectivity index (χ2n) is 13.2. The van der Waals surface area contributed by atoms with Crippen LogP contribution >= 0.6 is 0 Å². The third-order valence-electron chi connectivity index (χ3n) is 10.4. The first kappa shape index (κ1) is 28.0. The van der Waals surface area contributed by atoms with E-state index in [1.54, 1.807) is 0 Å². The number of nitrogens with zero attached hydrogens (tertiary/aromatic N) is 2. The number of anilines is 3. The monoisotopic (exact) mass is 630 g/mol. The number of fused-ring (bicyclic) bond motifs is 7. The fourth-order valence-electron chi connectivity index (χ4n) is 8.01. The largest absolute Gasteiger partial charge is 0.456 e. The van der Waals surface area contributed by atoms with Crippen molar-refractivity contribution < 1.29 is 4.42 Å². The molecule has 0 spiro atoms. The van der Waals surface area contributed by atoms with Crippen LogP contribution in [0.15, 0.2) is 150 Å². The maximum absolute atomic E-state index is 6.20. The molecule has 10 rings (SSSR count). The lowest BCUT2D eigenvalue weighted by atomic mass is 9.90.